The molecule has 0 radical (unpaired) electrons. The molecular weight excluding hydrogens is 418 g/mol. The Labute approximate surface area is 198 Å². The van der Waals surface area contributed by atoms with E-state index < -0.39 is 0 Å². The molecule has 0 spiro atoms. The summed E-state index contributed by atoms with van der Waals surface area (Å²) in [5.74, 6) is 0.780. The molecule has 2 heterocycles. The van der Waals surface area contributed by atoms with Gasteiger partial charge in [0.05, 0.1) is 16.7 Å². The van der Waals surface area contributed by atoms with Crippen molar-refractivity contribution in [2.24, 2.45) is 0 Å². The molecule has 0 atom stereocenters. The highest BCUT2D eigenvalue weighted by atomic mass is 15.3. The minimum atomic E-state index is 0.780. The summed E-state index contributed by atoms with van der Waals surface area (Å²) in [5.41, 5.74) is 9.71. The van der Waals surface area contributed by atoms with Gasteiger partial charge in [-0.15, -0.1) is 0 Å². The number of aromatic nitrogens is 5. The summed E-state index contributed by atoms with van der Waals surface area (Å²) in [6.45, 7) is 4.26. The lowest BCUT2D eigenvalue weighted by molar-refractivity contribution is 0.872. The van der Waals surface area contributed by atoms with Crippen LogP contribution >= 0.6 is 0 Å². The van der Waals surface area contributed by atoms with E-state index in [-0.39, 0.29) is 0 Å². The van der Waals surface area contributed by atoms with E-state index in [4.69, 9.17) is 4.98 Å². The number of aryl methyl sites for hydroxylation is 2. The summed E-state index contributed by atoms with van der Waals surface area (Å²) in [4.78, 5) is 9.43. The van der Waals surface area contributed by atoms with E-state index in [0.717, 1.165) is 44.9 Å². The molecule has 5 nitrogen and oxygen atoms in total. The predicted octanol–water partition coefficient (Wildman–Crippen LogP) is 6.56. The number of fused-ring (bicyclic) bond motifs is 1. The number of imidazole rings is 1. The third-order valence-electron chi connectivity index (χ3n) is 6.21. The fourth-order valence-corrected chi connectivity index (χ4v) is 4.69. The maximum Gasteiger partial charge on any atom is 0.165 e. The fourth-order valence-electron chi connectivity index (χ4n) is 4.69. The lowest BCUT2D eigenvalue weighted by atomic mass is 9.99. The zero-order chi connectivity index (χ0) is 23.1. The second-order valence-corrected chi connectivity index (χ2v) is 8.44. The number of benzene rings is 4. The SMILES string of the molecule is Cc1cc(-c2ccccc2)cc(C)c1-n1ncnc1-c1cccc2c1ncn2-c1ccccc1. The standard InChI is InChI=1S/C29H23N5/c1-20-16-23(22-10-5-3-6-11-22)17-21(2)28(20)34-29(30-18-32-34)25-14-9-15-26-27(25)31-19-33(26)24-12-7-4-8-13-24/h3-19H,1-2H3. The van der Waals surface area contributed by atoms with Crippen LogP contribution in [0, 0.1) is 13.8 Å². The van der Waals surface area contributed by atoms with Crippen molar-refractivity contribution in [2.45, 2.75) is 13.8 Å². The summed E-state index contributed by atoms with van der Waals surface area (Å²) in [6.07, 6.45) is 3.49. The fraction of sp³-hybridized carbons (Fsp3) is 0.0690. The first-order valence-electron chi connectivity index (χ1n) is 11.3. The largest absolute Gasteiger partial charge is 0.299 e. The third-order valence-corrected chi connectivity index (χ3v) is 6.21. The van der Waals surface area contributed by atoms with Gasteiger partial charge in [-0.05, 0) is 72.5 Å². The zero-order valence-corrected chi connectivity index (χ0v) is 19.1. The lowest BCUT2D eigenvalue weighted by Gasteiger charge is -2.15. The summed E-state index contributed by atoms with van der Waals surface area (Å²) < 4.78 is 4.04. The van der Waals surface area contributed by atoms with Crippen molar-refractivity contribution in [3.63, 3.8) is 0 Å². The molecule has 0 bridgehead atoms. The molecule has 0 fully saturated rings. The van der Waals surface area contributed by atoms with E-state index in [1.54, 1.807) is 6.33 Å². The van der Waals surface area contributed by atoms with Crippen LogP contribution in [-0.2, 0) is 0 Å². The van der Waals surface area contributed by atoms with Crippen molar-refractivity contribution < 1.29 is 0 Å². The highest BCUT2D eigenvalue weighted by molar-refractivity contribution is 5.91. The van der Waals surface area contributed by atoms with Crippen LogP contribution in [-0.4, -0.2) is 24.3 Å². The number of hydrogen-bond acceptors (Lipinski definition) is 3. The van der Waals surface area contributed by atoms with Crippen LogP contribution in [0.2, 0.25) is 0 Å². The summed E-state index contributed by atoms with van der Waals surface area (Å²) in [5, 5.41) is 4.63. The van der Waals surface area contributed by atoms with Crippen LogP contribution < -0.4 is 0 Å². The average molecular weight is 442 g/mol. The van der Waals surface area contributed by atoms with Gasteiger partial charge in [-0.1, -0.05) is 54.6 Å². The van der Waals surface area contributed by atoms with Crippen molar-refractivity contribution >= 4 is 11.0 Å². The van der Waals surface area contributed by atoms with Crippen molar-refractivity contribution in [1.82, 2.24) is 24.3 Å². The van der Waals surface area contributed by atoms with E-state index in [1.165, 1.54) is 11.1 Å². The average Bonchev–Trinajstić information content (AvgIpc) is 3.52. The Morgan fingerprint density at radius 1 is 0.676 bits per heavy atom. The summed E-state index contributed by atoms with van der Waals surface area (Å²) >= 11 is 0. The van der Waals surface area contributed by atoms with E-state index in [9.17, 15) is 0 Å². The van der Waals surface area contributed by atoms with Gasteiger partial charge >= 0.3 is 0 Å². The van der Waals surface area contributed by atoms with Crippen LogP contribution in [0.4, 0.5) is 0 Å². The minimum Gasteiger partial charge on any atom is -0.299 e. The Morgan fingerprint density at radius 2 is 1.38 bits per heavy atom. The lowest BCUT2D eigenvalue weighted by Crippen LogP contribution is -2.05. The quantitative estimate of drug-likeness (QED) is 0.311. The van der Waals surface area contributed by atoms with Gasteiger partial charge in [0.25, 0.3) is 0 Å². The van der Waals surface area contributed by atoms with Crippen LogP contribution in [0.3, 0.4) is 0 Å². The van der Waals surface area contributed by atoms with Gasteiger partial charge in [-0.3, -0.25) is 4.57 Å². The van der Waals surface area contributed by atoms with Crippen LogP contribution in [0.25, 0.3) is 44.9 Å². The van der Waals surface area contributed by atoms with Crippen LogP contribution in [0.1, 0.15) is 11.1 Å². The first-order chi connectivity index (χ1) is 16.7. The maximum absolute atomic E-state index is 4.77. The molecule has 0 aliphatic carbocycles. The number of para-hydroxylation sites is 2. The number of rotatable bonds is 4. The molecule has 2 aromatic heterocycles. The molecule has 0 saturated carbocycles. The topological polar surface area (TPSA) is 48.5 Å². The second kappa shape index (κ2) is 8.12. The Balaban J connectivity index is 1.49. The smallest absolute Gasteiger partial charge is 0.165 e. The molecular formula is C29H23N5. The van der Waals surface area contributed by atoms with Gasteiger partial charge in [0.2, 0.25) is 0 Å². The molecule has 4 aromatic carbocycles. The highest BCUT2D eigenvalue weighted by Gasteiger charge is 2.18. The Kier molecular flexibility index (Phi) is 4.81. The molecule has 0 aliphatic heterocycles. The van der Waals surface area contributed by atoms with Gasteiger partial charge in [-0.2, -0.15) is 5.10 Å². The van der Waals surface area contributed by atoms with E-state index in [0.29, 0.717) is 0 Å². The Bertz CT molecular complexity index is 1590. The van der Waals surface area contributed by atoms with E-state index in [1.807, 2.05) is 35.3 Å². The van der Waals surface area contributed by atoms with Gasteiger partial charge in [0.15, 0.2) is 5.82 Å². The molecule has 0 amide bonds. The molecule has 6 rings (SSSR count). The van der Waals surface area contributed by atoms with E-state index >= 15 is 0 Å². The molecule has 6 aromatic rings. The highest BCUT2D eigenvalue weighted by Crippen LogP contribution is 2.32. The first kappa shape index (κ1) is 20.1. The first-order valence-corrected chi connectivity index (χ1v) is 11.3. The van der Waals surface area contributed by atoms with Crippen molar-refractivity contribution in [2.75, 3.05) is 0 Å². The van der Waals surface area contributed by atoms with Crippen LogP contribution in [0.15, 0.2) is 104 Å². The maximum atomic E-state index is 4.77. The van der Waals surface area contributed by atoms with Crippen molar-refractivity contribution in [1.29, 1.82) is 0 Å². The van der Waals surface area contributed by atoms with Gasteiger partial charge < -0.3 is 0 Å². The monoisotopic (exact) mass is 441 g/mol. The summed E-state index contributed by atoms with van der Waals surface area (Å²) in [7, 11) is 0. The predicted molar refractivity (Wildman–Crippen MR) is 136 cm³/mol. The molecule has 34 heavy (non-hydrogen) atoms. The Hall–Kier alpha value is -4.51. The zero-order valence-electron chi connectivity index (χ0n) is 19.1. The molecule has 0 saturated heterocycles. The van der Waals surface area contributed by atoms with Gasteiger partial charge in [0, 0.05) is 11.3 Å². The second-order valence-electron chi connectivity index (χ2n) is 8.44. The van der Waals surface area contributed by atoms with Crippen LogP contribution in [0.5, 0.6) is 0 Å². The molecule has 164 valence electrons. The Morgan fingerprint density at radius 3 is 2.12 bits per heavy atom. The molecule has 0 unspecified atom stereocenters. The molecule has 0 N–H and O–H groups in total. The normalized spacial score (nSPS) is 11.2. The number of nitrogens with zero attached hydrogens (tertiary/aromatic N) is 5. The van der Waals surface area contributed by atoms with E-state index in [2.05, 4.69) is 95.2 Å². The molecule has 5 heteroatoms. The molecule has 0 aliphatic rings. The minimum absolute atomic E-state index is 0.780. The number of hydrogen-bond donors (Lipinski definition) is 0. The third kappa shape index (κ3) is 3.30. The van der Waals surface area contributed by atoms with Crippen molar-refractivity contribution in [3.05, 3.63) is 115 Å². The van der Waals surface area contributed by atoms with Gasteiger partial charge in [0.1, 0.15) is 12.7 Å². The van der Waals surface area contributed by atoms with Crippen molar-refractivity contribution in [3.8, 4) is 33.9 Å². The van der Waals surface area contributed by atoms with Gasteiger partial charge in [-0.25, -0.2) is 14.6 Å². The summed E-state index contributed by atoms with van der Waals surface area (Å²) in [6, 6.07) is 31.3.